The maximum atomic E-state index is 10.5. The van der Waals surface area contributed by atoms with Crippen LogP contribution >= 0.6 is 0 Å². The molecule has 0 saturated carbocycles. The van der Waals surface area contributed by atoms with Crippen molar-refractivity contribution in [1.29, 1.82) is 0 Å². The Hall–Kier alpha value is -0.136. The fraction of sp³-hybridized carbons (Fsp3) is 0. The fourth-order valence-corrected chi connectivity index (χ4v) is 0.567. The first-order valence-corrected chi connectivity index (χ1v) is 2.64. The molecule has 1 nitrogen and oxygen atoms in total. The smallest absolute Gasteiger partial charge is 0 e. The topological polar surface area (TPSA) is 17.1 Å². The molecule has 0 spiro atoms. The monoisotopic (exact) mass is 207 g/mol. The number of carbonyl (C=O) groups excluding carboxylic acids is 1. The van der Waals surface area contributed by atoms with Gasteiger partial charge in [0, 0.05) is 32.7 Å². The minimum absolute atomic E-state index is 0. The third-order valence-corrected chi connectivity index (χ3v) is 1.01. The Balaban J connectivity index is 0.000000810. The first kappa shape index (κ1) is 9.86. The summed E-state index contributed by atoms with van der Waals surface area (Å²) in [6, 6.07) is 9.74. The van der Waals surface area contributed by atoms with Gasteiger partial charge in [0.05, 0.1) is 0 Å². The molecule has 0 aliphatic rings. The third kappa shape index (κ3) is 2.63. The van der Waals surface area contributed by atoms with Crippen LogP contribution in [0.3, 0.4) is 0 Å². The van der Waals surface area contributed by atoms with Gasteiger partial charge < -0.3 is 4.79 Å². The van der Waals surface area contributed by atoms with Crippen molar-refractivity contribution in [1.82, 2.24) is 0 Å². The molecule has 0 saturated heterocycles. The maximum Gasteiger partial charge on any atom is 0 e. The molecule has 1 aromatic carbocycles. The van der Waals surface area contributed by atoms with E-state index in [4.69, 9.17) is 0 Å². The van der Waals surface area contributed by atoms with Gasteiger partial charge in [-0.15, -0.1) is 6.07 Å². The Labute approximate surface area is 85.7 Å². The summed E-state index contributed by atoms with van der Waals surface area (Å²) in [7, 11) is 0. The Kier molecular flexibility index (Phi) is 4.58. The van der Waals surface area contributed by atoms with Gasteiger partial charge in [-0.3, -0.25) is 5.56 Å². The summed E-state index contributed by atoms with van der Waals surface area (Å²) >= 11 is 0. The van der Waals surface area contributed by atoms with Gasteiger partial charge in [0.2, 0.25) is 0 Å². The molecule has 1 rings (SSSR count). The summed E-state index contributed by atoms with van der Waals surface area (Å²) in [5, 5.41) is 0. The molecule has 49 valence electrons. The van der Waals surface area contributed by atoms with Crippen molar-refractivity contribution in [3.63, 3.8) is 0 Å². The number of hydrogen-bond donors (Lipinski definition) is 0. The summed E-state index contributed by atoms with van der Waals surface area (Å²) in [6.45, 7) is 3.24. The molecule has 2 heteroatoms. The summed E-state index contributed by atoms with van der Waals surface area (Å²) in [6.07, 6.45) is 0. The van der Waals surface area contributed by atoms with Crippen LogP contribution in [0.4, 0.5) is 0 Å². The predicted octanol–water partition coefficient (Wildman–Crippen LogP) is 1.50. The van der Waals surface area contributed by atoms with Crippen LogP contribution in [0.1, 0.15) is 10.4 Å². The van der Waals surface area contributed by atoms with Crippen molar-refractivity contribution < 1.29 is 37.5 Å². The number of hydrogen-bond acceptors (Lipinski definition) is 1. The standard InChI is InChI=1S/C8H6O.Y/c1-7(9)8-5-3-2-4-6-8;/h2-5H,1H2;/q-2;. The zero-order valence-corrected chi connectivity index (χ0v) is 8.34. The molecule has 0 bridgehead atoms. The molecule has 0 aromatic heterocycles. The number of carbonyl (C=O) groups is 1. The van der Waals surface area contributed by atoms with E-state index in [1.165, 1.54) is 0 Å². The quantitative estimate of drug-likeness (QED) is 0.503. The van der Waals surface area contributed by atoms with Crippen molar-refractivity contribution in [3.8, 4) is 0 Å². The largest absolute Gasteiger partial charge is 0.389 e. The van der Waals surface area contributed by atoms with Crippen LogP contribution in [0.15, 0.2) is 24.3 Å². The Morgan fingerprint density at radius 3 is 2.50 bits per heavy atom. The molecule has 0 aliphatic heterocycles. The Morgan fingerprint density at radius 1 is 1.50 bits per heavy atom. The number of rotatable bonds is 1. The van der Waals surface area contributed by atoms with Gasteiger partial charge in [0.15, 0.2) is 0 Å². The zero-order chi connectivity index (χ0) is 6.69. The molecule has 1 aromatic rings. The van der Waals surface area contributed by atoms with E-state index in [0.717, 1.165) is 0 Å². The second kappa shape index (κ2) is 4.64. The predicted molar refractivity (Wildman–Crippen MR) is 35.0 cm³/mol. The van der Waals surface area contributed by atoms with Crippen LogP contribution < -0.4 is 0 Å². The molecule has 1 radical (unpaired) electrons. The van der Waals surface area contributed by atoms with E-state index in [2.05, 4.69) is 13.0 Å². The minimum Gasteiger partial charge on any atom is -0.389 e. The van der Waals surface area contributed by atoms with Crippen LogP contribution in [0.5, 0.6) is 0 Å². The van der Waals surface area contributed by atoms with E-state index >= 15 is 0 Å². The molecule has 0 N–H and O–H groups in total. The fourth-order valence-electron chi connectivity index (χ4n) is 0.567. The number of ketones is 1. The van der Waals surface area contributed by atoms with Crippen LogP contribution in [-0.2, 0) is 32.7 Å². The van der Waals surface area contributed by atoms with Gasteiger partial charge >= 0.3 is 0 Å². The van der Waals surface area contributed by atoms with Crippen molar-refractivity contribution in [2.24, 2.45) is 0 Å². The Morgan fingerprint density at radius 2 is 2.20 bits per heavy atom. The van der Waals surface area contributed by atoms with E-state index in [-0.39, 0.29) is 38.5 Å². The molecular weight excluding hydrogens is 201 g/mol. The molecule has 0 unspecified atom stereocenters. The van der Waals surface area contributed by atoms with Crippen LogP contribution in [0.25, 0.3) is 0 Å². The second-order valence-electron chi connectivity index (χ2n) is 1.70. The van der Waals surface area contributed by atoms with Crippen molar-refractivity contribution in [2.45, 2.75) is 0 Å². The average Bonchev–Trinajstić information content (AvgIpc) is 1.90. The third-order valence-electron chi connectivity index (χ3n) is 1.01. The van der Waals surface area contributed by atoms with Gasteiger partial charge in [0.25, 0.3) is 0 Å². The summed E-state index contributed by atoms with van der Waals surface area (Å²) in [5.41, 5.74) is 0.539. The summed E-state index contributed by atoms with van der Waals surface area (Å²) < 4.78 is 0. The van der Waals surface area contributed by atoms with Crippen molar-refractivity contribution in [2.75, 3.05) is 0 Å². The molecular formula is C8H6OY-2. The second-order valence-corrected chi connectivity index (χ2v) is 1.70. The van der Waals surface area contributed by atoms with E-state index in [1.54, 1.807) is 18.2 Å². The average molecular weight is 207 g/mol. The van der Waals surface area contributed by atoms with E-state index < -0.39 is 0 Å². The van der Waals surface area contributed by atoms with Gasteiger partial charge in [-0.1, -0.05) is 5.78 Å². The normalized spacial score (nSPS) is 8.00. The van der Waals surface area contributed by atoms with Gasteiger partial charge in [0.1, 0.15) is 0 Å². The molecule has 0 aliphatic carbocycles. The van der Waals surface area contributed by atoms with Crippen LogP contribution in [-0.4, -0.2) is 5.78 Å². The molecule has 0 atom stereocenters. The van der Waals surface area contributed by atoms with Crippen LogP contribution in [0, 0.1) is 13.0 Å². The molecule has 0 amide bonds. The summed E-state index contributed by atoms with van der Waals surface area (Å²) in [5.74, 6) is -0.185. The SMILES string of the molecule is [CH2-]C(=O)c1[c-]cccc1.[Y]. The van der Waals surface area contributed by atoms with Gasteiger partial charge in [-0.2, -0.15) is 12.1 Å². The molecule has 0 heterocycles. The first-order valence-electron chi connectivity index (χ1n) is 2.64. The Bertz CT molecular complexity index is 206. The first-order chi connectivity index (χ1) is 4.30. The van der Waals surface area contributed by atoms with E-state index in [1.807, 2.05) is 6.07 Å². The van der Waals surface area contributed by atoms with Gasteiger partial charge in [-0.05, 0) is 0 Å². The minimum atomic E-state index is -0.185. The maximum absolute atomic E-state index is 10.5. The summed E-state index contributed by atoms with van der Waals surface area (Å²) in [4.78, 5) is 10.5. The van der Waals surface area contributed by atoms with Crippen molar-refractivity contribution in [3.05, 3.63) is 42.8 Å². The number of benzene rings is 1. The molecule has 10 heavy (non-hydrogen) atoms. The van der Waals surface area contributed by atoms with E-state index in [0.29, 0.717) is 5.56 Å². The van der Waals surface area contributed by atoms with Crippen LogP contribution in [0.2, 0.25) is 0 Å². The molecule has 0 fully saturated rings. The van der Waals surface area contributed by atoms with Crippen molar-refractivity contribution >= 4 is 5.78 Å². The zero-order valence-electron chi connectivity index (χ0n) is 5.50. The van der Waals surface area contributed by atoms with Gasteiger partial charge in [-0.25, -0.2) is 19.1 Å². The number of Topliss-reactive ketones (excluding diaryl/α,β-unsaturated/α-hetero) is 1. The van der Waals surface area contributed by atoms with E-state index in [9.17, 15) is 4.79 Å².